The first-order valence-corrected chi connectivity index (χ1v) is 6.80. The second-order valence-corrected chi connectivity index (χ2v) is 5.16. The minimum absolute atomic E-state index is 0.375. The van der Waals surface area contributed by atoms with Crippen molar-refractivity contribution in [2.45, 2.75) is 37.8 Å². The molecule has 0 radical (unpaired) electrons. The van der Waals surface area contributed by atoms with Crippen LogP contribution in [-0.2, 0) is 0 Å². The van der Waals surface area contributed by atoms with Crippen LogP contribution in [0, 0.1) is 0 Å². The molecule has 5 nitrogen and oxygen atoms in total. The van der Waals surface area contributed by atoms with E-state index in [2.05, 4.69) is 20.5 Å². The number of nitrogens with one attached hydrogen (secondary N) is 2. The maximum absolute atomic E-state index is 5.91. The zero-order valence-electron chi connectivity index (χ0n) is 10.8. The van der Waals surface area contributed by atoms with E-state index in [1.807, 2.05) is 30.6 Å². The van der Waals surface area contributed by atoms with Gasteiger partial charge in [-0.3, -0.25) is 0 Å². The molecule has 100 valence electrons. The first kappa shape index (κ1) is 12.2. The molecule has 0 spiro atoms. The highest BCUT2D eigenvalue weighted by Crippen LogP contribution is 2.21. The van der Waals surface area contributed by atoms with Crippen LogP contribution in [0.5, 0.6) is 0 Å². The van der Waals surface area contributed by atoms with Crippen LogP contribution in [0.25, 0.3) is 11.3 Å². The fraction of sp³-hybridized carbons (Fsp3) is 0.429. The van der Waals surface area contributed by atoms with Crippen LogP contribution in [0.4, 0.5) is 5.82 Å². The Morgan fingerprint density at radius 2 is 1.95 bits per heavy atom. The van der Waals surface area contributed by atoms with Gasteiger partial charge >= 0.3 is 0 Å². The van der Waals surface area contributed by atoms with E-state index in [1.54, 1.807) is 0 Å². The highest BCUT2D eigenvalue weighted by molar-refractivity contribution is 5.58. The molecule has 5 heteroatoms. The molecule has 0 bridgehead atoms. The van der Waals surface area contributed by atoms with Crippen molar-refractivity contribution < 1.29 is 0 Å². The van der Waals surface area contributed by atoms with E-state index in [-0.39, 0.29) is 0 Å². The molecule has 2 heterocycles. The van der Waals surface area contributed by atoms with Gasteiger partial charge in [0, 0.05) is 30.0 Å². The van der Waals surface area contributed by atoms with Crippen molar-refractivity contribution in [2.24, 2.45) is 5.73 Å². The summed E-state index contributed by atoms with van der Waals surface area (Å²) < 4.78 is 0. The Bertz CT molecular complexity index is 497. The highest BCUT2D eigenvalue weighted by Gasteiger charge is 2.18. The zero-order valence-corrected chi connectivity index (χ0v) is 10.8. The predicted octanol–water partition coefficient (Wildman–Crippen LogP) is 2.15. The molecule has 0 amide bonds. The number of anilines is 1. The molecule has 0 saturated heterocycles. The van der Waals surface area contributed by atoms with Crippen molar-refractivity contribution in [2.75, 3.05) is 5.32 Å². The lowest BCUT2D eigenvalue weighted by Gasteiger charge is -2.26. The van der Waals surface area contributed by atoms with Crippen LogP contribution in [0.2, 0.25) is 0 Å². The minimum Gasteiger partial charge on any atom is -0.367 e. The Balaban J connectivity index is 1.63. The normalized spacial score (nSPS) is 23.2. The van der Waals surface area contributed by atoms with Crippen LogP contribution in [0.1, 0.15) is 25.7 Å². The lowest BCUT2D eigenvalue weighted by atomic mass is 9.92. The molecule has 1 saturated carbocycles. The summed E-state index contributed by atoms with van der Waals surface area (Å²) in [5, 5.41) is 11.9. The predicted molar refractivity (Wildman–Crippen MR) is 75.7 cm³/mol. The molecular formula is C14H19N5. The van der Waals surface area contributed by atoms with E-state index in [1.165, 1.54) is 0 Å². The topological polar surface area (TPSA) is 79.6 Å². The summed E-state index contributed by atoms with van der Waals surface area (Å²) in [5.41, 5.74) is 7.85. The van der Waals surface area contributed by atoms with Gasteiger partial charge in [-0.05, 0) is 43.9 Å². The van der Waals surface area contributed by atoms with Crippen molar-refractivity contribution in [3.8, 4) is 11.3 Å². The SMILES string of the molecule is NC1CCC(Nc2ccc(-c3cc[nH]c3)nn2)CC1. The van der Waals surface area contributed by atoms with E-state index in [4.69, 9.17) is 5.73 Å². The smallest absolute Gasteiger partial charge is 0.148 e. The van der Waals surface area contributed by atoms with E-state index < -0.39 is 0 Å². The van der Waals surface area contributed by atoms with Crippen LogP contribution in [0.3, 0.4) is 0 Å². The Hall–Kier alpha value is -1.88. The third-order valence-corrected chi connectivity index (χ3v) is 3.68. The Morgan fingerprint density at radius 3 is 2.58 bits per heavy atom. The second kappa shape index (κ2) is 5.40. The molecule has 3 rings (SSSR count). The maximum atomic E-state index is 5.91. The minimum atomic E-state index is 0.375. The molecule has 2 aromatic rings. The largest absolute Gasteiger partial charge is 0.367 e. The molecule has 0 atom stereocenters. The number of hydrogen-bond acceptors (Lipinski definition) is 4. The molecule has 19 heavy (non-hydrogen) atoms. The standard InChI is InChI=1S/C14H19N5/c15-11-1-3-12(4-2-11)17-14-6-5-13(18-19-14)10-7-8-16-9-10/h5-9,11-12,16H,1-4,15H2,(H,17,19). The number of hydrogen-bond donors (Lipinski definition) is 3. The summed E-state index contributed by atoms with van der Waals surface area (Å²) >= 11 is 0. The van der Waals surface area contributed by atoms with Crippen molar-refractivity contribution in [1.29, 1.82) is 0 Å². The van der Waals surface area contributed by atoms with E-state index in [9.17, 15) is 0 Å². The summed E-state index contributed by atoms with van der Waals surface area (Å²) in [5.74, 6) is 0.847. The van der Waals surface area contributed by atoms with Crippen molar-refractivity contribution in [3.05, 3.63) is 30.6 Å². The van der Waals surface area contributed by atoms with Gasteiger partial charge in [-0.25, -0.2) is 0 Å². The van der Waals surface area contributed by atoms with Crippen molar-refractivity contribution in [3.63, 3.8) is 0 Å². The van der Waals surface area contributed by atoms with E-state index >= 15 is 0 Å². The van der Waals surface area contributed by atoms with Gasteiger partial charge in [0.05, 0.1) is 5.69 Å². The maximum Gasteiger partial charge on any atom is 0.148 e. The first-order chi connectivity index (χ1) is 9.31. The Morgan fingerprint density at radius 1 is 1.11 bits per heavy atom. The third-order valence-electron chi connectivity index (χ3n) is 3.68. The molecule has 0 aromatic carbocycles. The number of aromatic nitrogens is 3. The zero-order chi connectivity index (χ0) is 13.1. The van der Waals surface area contributed by atoms with Gasteiger partial charge in [0.2, 0.25) is 0 Å². The lowest BCUT2D eigenvalue weighted by Crippen LogP contribution is -2.33. The summed E-state index contributed by atoms with van der Waals surface area (Å²) in [4.78, 5) is 3.02. The van der Waals surface area contributed by atoms with Gasteiger partial charge in [0.1, 0.15) is 5.82 Å². The Kier molecular flexibility index (Phi) is 3.46. The molecular weight excluding hydrogens is 238 g/mol. The van der Waals surface area contributed by atoms with Gasteiger partial charge in [-0.1, -0.05) is 0 Å². The van der Waals surface area contributed by atoms with Crippen LogP contribution >= 0.6 is 0 Å². The summed E-state index contributed by atoms with van der Waals surface area (Å²) in [6.07, 6.45) is 8.21. The molecule has 1 aliphatic carbocycles. The summed E-state index contributed by atoms with van der Waals surface area (Å²) in [6, 6.07) is 6.82. The summed E-state index contributed by atoms with van der Waals surface area (Å²) in [7, 11) is 0. The van der Waals surface area contributed by atoms with E-state index in [0.29, 0.717) is 12.1 Å². The monoisotopic (exact) mass is 257 g/mol. The van der Waals surface area contributed by atoms with Crippen molar-refractivity contribution in [1.82, 2.24) is 15.2 Å². The number of aromatic amines is 1. The Labute approximate surface area is 112 Å². The van der Waals surface area contributed by atoms with Gasteiger partial charge in [-0.15, -0.1) is 10.2 Å². The highest BCUT2D eigenvalue weighted by atomic mass is 15.2. The molecule has 1 aliphatic rings. The van der Waals surface area contributed by atoms with Crippen molar-refractivity contribution >= 4 is 5.82 Å². The van der Waals surface area contributed by atoms with Crippen LogP contribution < -0.4 is 11.1 Å². The average Bonchev–Trinajstić information content (AvgIpc) is 2.96. The van der Waals surface area contributed by atoms with Gasteiger partial charge in [-0.2, -0.15) is 0 Å². The first-order valence-electron chi connectivity index (χ1n) is 6.80. The molecule has 0 unspecified atom stereocenters. The number of H-pyrrole nitrogens is 1. The fourth-order valence-corrected chi connectivity index (χ4v) is 2.52. The third kappa shape index (κ3) is 2.93. The van der Waals surface area contributed by atoms with E-state index in [0.717, 1.165) is 42.8 Å². The summed E-state index contributed by atoms with van der Waals surface area (Å²) in [6.45, 7) is 0. The average molecular weight is 257 g/mol. The quantitative estimate of drug-likeness (QED) is 0.787. The fourth-order valence-electron chi connectivity index (χ4n) is 2.52. The lowest BCUT2D eigenvalue weighted by molar-refractivity contribution is 0.410. The molecule has 0 aliphatic heterocycles. The number of nitrogens with two attached hydrogens (primary N) is 1. The van der Waals surface area contributed by atoms with Gasteiger partial charge < -0.3 is 16.0 Å². The van der Waals surface area contributed by atoms with Gasteiger partial charge in [0.15, 0.2) is 0 Å². The second-order valence-electron chi connectivity index (χ2n) is 5.16. The molecule has 1 fully saturated rings. The van der Waals surface area contributed by atoms with Gasteiger partial charge in [0.25, 0.3) is 0 Å². The number of rotatable bonds is 3. The molecule has 2 aromatic heterocycles. The van der Waals surface area contributed by atoms with Crippen LogP contribution in [-0.4, -0.2) is 27.3 Å². The number of nitrogens with zero attached hydrogens (tertiary/aromatic N) is 2. The van der Waals surface area contributed by atoms with Crippen LogP contribution in [0.15, 0.2) is 30.6 Å². The molecule has 4 N–H and O–H groups in total.